The maximum atomic E-state index is 12.7. The molecular weight excluding hydrogens is 272 g/mol. The highest BCUT2D eigenvalue weighted by Gasteiger charge is 2.51. The van der Waals surface area contributed by atoms with E-state index in [9.17, 15) is 4.79 Å². The Labute approximate surface area is 130 Å². The number of nitrogens with one attached hydrogen (secondary N) is 1. The van der Waals surface area contributed by atoms with Gasteiger partial charge in [0.2, 0.25) is 5.91 Å². The number of carbonyl (C=O) groups is 1. The zero-order valence-corrected chi connectivity index (χ0v) is 12.5. The number of nitriles is 1. The molecule has 110 valence electrons. The lowest BCUT2D eigenvalue weighted by molar-refractivity contribution is -0.124. The van der Waals surface area contributed by atoms with E-state index in [0.29, 0.717) is 5.56 Å². The van der Waals surface area contributed by atoms with Crippen LogP contribution in [0.2, 0.25) is 0 Å². The first-order valence-corrected chi connectivity index (χ1v) is 7.52. The van der Waals surface area contributed by atoms with Gasteiger partial charge in [-0.05, 0) is 43.0 Å². The molecule has 1 fully saturated rings. The predicted molar refractivity (Wildman–Crippen MR) is 85.1 cm³/mol. The monoisotopic (exact) mass is 290 g/mol. The van der Waals surface area contributed by atoms with Crippen LogP contribution in [0.25, 0.3) is 0 Å². The van der Waals surface area contributed by atoms with Gasteiger partial charge in [0.15, 0.2) is 0 Å². The number of hydrogen-bond donors (Lipinski definition) is 1. The number of nitrogens with zero attached hydrogens (tertiary/aromatic N) is 1. The van der Waals surface area contributed by atoms with E-state index in [1.165, 1.54) is 0 Å². The quantitative estimate of drug-likeness (QED) is 0.937. The molecule has 1 atom stereocenters. The molecule has 0 aromatic heterocycles. The first-order chi connectivity index (χ1) is 10.7. The van der Waals surface area contributed by atoms with Gasteiger partial charge in [-0.15, -0.1) is 0 Å². The van der Waals surface area contributed by atoms with Gasteiger partial charge in [0.05, 0.1) is 23.1 Å². The van der Waals surface area contributed by atoms with Crippen molar-refractivity contribution in [3.05, 3.63) is 71.3 Å². The number of amides is 1. The highest BCUT2D eigenvalue weighted by atomic mass is 16.2. The van der Waals surface area contributed by atoms with Crippen LogP contribution in [0.5, 0.6) is 0 Å². The van der Waals surface area contributed by atoms with Gasteiger partial charge in [-0.2, -0.15) is 5.26 Å². The van der Waals surface area contributed by atoms with Crippen LogP contribution in [0.4, 0.5) is 0 Å². The van der Waals surface area contributed by atoms with Crippen LogP contribution < -0.4 is 5.32 Å². The maximum Gasteiger partial charge on any atom is 0.231 e. The molecule has 3 rings (SSSR count). The van der Waals surface area contributed by atoms with Crippen molar-refractivity contribution in [3.63, 3.8) is 0 Å². The summed E-state index contributed by atoms with van der Waals surface area (Å²) in [6, 6.07) is 19.4. The summed E-state index contributed by atoms with van der Waals surface area (Å²) < 4.78 is 0. The molecule has 3 heteroatoms. The van der Waals surface area contributed by atoms with E-state index in [0.717, 1.165) is 24.0 Å². The summed E-state index contributed by atoms with van der Waals surface area (Å²) in [6.45, 7) is 1.97. The van der Waals surface area contributed by atoms with E-state index in [2.05, 4.69) is 11.4 Å². The first-order valence-electron chi connectivity index (χ1n) is 7.52. The Morgan fingerprint density at radius 1 is 1.14 bits per heavy atom. The molecule has 22 heavy (non-hydrogen) atoms. The molecule has 0 bridgehead atoms. The standard InChI is InChI=1S/C19H18N2O/c1-14(16-9-7-15(13-20)8-10-16)21-18(22)19(11-12-19)17-5-3-2-4-6-17/h2-10,14H,11-12H2,1H3,(H,21,22). The Balaban J connectivity index is 1.73. The van der Waals surface area contributed by atoms with Crippen LogP contribution in [-0.2, 0) is 10.2 Å². The summed E-state index contributed by atoms with van der Waals surface area (Å²) >= 11 is 0. The fourth-order valence-electron chi connectivity index (χ4n) is 2.79. The molecule has 3 nitrogen and oxygen atoms in total. The lowest BCUT2D eigenvalue weighted by Gasteiger charge is -2.20. The minimum absolute atomic E-state index is 0.0681. The van der Waals surface area contributed by atoms with Crippen molar-refractivity contribution in [2.75, 3.05) is 0 Å². The van der Waals surface area contributed by atoms with Crippen LogP contribution in [0.3, 0.4) is 0 Å². The lowest BCUT2D eigenvalue weighted by Crippen LogP contribution is -2.36. The average molecular weight is 290 g/mol. The SMILES string of the molecule is CC(NC(=O)C1(c2ccccc2)CC1)c1ccc(C#N)cc1. The Hall–Kier alpha value is -2.60. The second-order valence-corrected chi connectivity index (χ2v) is 5.88. The largest absolute Gasteiger partial charge is 0.349 e. The molecule has 2 aromatic carbocycles. The Kier molecular flexibility index (Phi) is 3.68. The third-order valence-corrected chi connectivity index (χ3v) is 4.40. The third kappa shape index (κ3) is 2.60. The topological polar surface area (TPSA) is 52.9 Å². The number of rotatable bonds is 4. The second kappa shape index (κ2) is 5.65. The van der Waals surface area contributed by atoms with E-state index in [-0.39, 0.29) is 17.4 Å². The van der Waals surface area contributed by atoms with Gasteiger partial charge in [0, 0.05) is 0 Å². The summed E-state index contributed by atoms with van der Waals surface area (Å²) in [5.41, 5.74) is 2.39. The lowest BCUT2D eigenvalue weighted by atomic mass is 9.94. The smallest absolute Gasteiger partial charge is 0.231 e. The van der Waals surface area contributed by atoms with Crippen molar-refractivity contribution >= 4 is 5.91 Å². The molecule has 1 amide bonds. The Bertz CT molecular complexity index is 709. The van der Waals surface area contributed by atoms with Crippen molar-refractivity contribution in [3.8, 4) is 6.07 Å². The van der Waals surface area contributed by atoms with Crippen molar-refractivity contribution in [2.45, 2.75) is 31.2 Å². The molecule has 0 spiro atoms. The van der Waals surface area contributed by atoms with Crippen molar-refractivity contribution in [2.24, 2.45) is 0 Å². The van der Waals surface area contributed by atoms with Crippen molar-refractivity contribution in [1.29, 1.82) is 5.26 Å². The molecule has 1 saturated carbocycles. The summed E-state index contributed by atoms with van der Waals surface area (Å²) in [7, 11) is 0. The van der Waals surface area contributed by atoms with Crippen LogP contribution in [0.15, 0.2) is 54.6 Å². The molecule has 0 saturated heterocycles. The van der Waals surface area contributed by atoms with Gasteiger partial charge in [0.25, 0.3) is 0 Å². The maximum absolute atomic E-state index is 12.7. The van der Waals surface area contributed by atoms with Gasteiger partial charge < -0.3 is 5.32 Å². The van der Waals surface area contributed by atoms with E-state index < -0.39 is 0 Å². The fourth-order valence-corrected chi connectivity index (χ4v) is 2.79. The molecule has 1 unspecified atom stereocenters. The first kappa shape index (κ1) is 14.3. The van der Waals surface area contributed by atoms with Gasteiger partial charge >= 0.3 is 0 Å². The minimum Gasteiger partial charge on any atom is -0.349 e. The van der Waals surface area contributed by atoms with E-state index in [4.69, 9.17) is 5.26 Å². The van der Waals surface area contributed by atoms with Gasteiger partial charge in [-0.25, -0.2) is 0 Å². The number of benzene rings is 2. The molecule has 1 aliphatic carbocycles. The van der Waals surface area contributed by atoms with Crippen LogP contribution in [0, 0.1) is 11.3 Å². The zero-order valence-electron chi connectivity index (χ0n) is 12.5. The average Bonchev–Trinajstić information content (AvgIpc) is 3.37. The molecule has 2 aromatic rings. The normalized spacial score (nSPS) is 16.4. The van der Waals surface area contributed by atoms with Crippen LogP contribution >= 0.6 is 0 Å². The highest BCUT2D eigenvalue weighted by Crippen LogP contribution is 2.48. The molecule has 0 radical (unpaired) electrons. The van der Waals surface area contributed by atoms with Crippen molar-refractivity contribution in [1.82, 2.24) is 5.32 Å². The summed E-state index contributed by atoms with van der Waals surface area (Å²) in [4.78, 5) is 12.7. The minimum atomic E-state index is -0.345. The Morgan fingerprint density at radius 2 is 1.77 bits per heavy atom. The molecular formula is C19H18N2O. The van der Waals surface area contributed by atoms with E-state index in [1.807, 2.05) is 49.4 Å². The van der Waals surface area contributed by atoms with Gasteiger partial charge in [0.1, 0.15) is 0 Å². The summed E-state index contributed by atoms with van der Waals surface area (Å²) in [6.07, 6.45) is 1.81. The molecule has 0 heterocycles. The molecule has 1 N–H and O–H groups in total. The van der Waals surface area contributed by atoms with Crippen molar-refractivity contribution < 1.29 is 4.79 Å². The van der Waals surface area contributed by atoms with Crippen LogP contribution in [-0.4, -0.2) is 5.91 Å². The summed E-state index contributed by atoms with van der Waals surface area (Å²) in [5, 5.41) is 11.9. The predicted octanol–water partition coefficient (Wildman–Crippen LogP) is 3.47. The zero-order chi connectivity index (χ0) is 15.6. The third-order valence-electron chi connectivity index (χ3n) is 4.40. The van der Waals surface area contributed by atoms with E-state index in [1.54, 1.807) is 12.1 Å². The molecule has 1 aliphatic rings. The van der Waals surface area contributed by atoms with Gasteiger partial charge in [-0.1, -0.05) is 42.5 Å². The van der Waals surface area contributed by atoms with Crippen LogP contribution in [0.1, 0.15) is 42.5 Å². The fraction of sp³-hybridized carbons (Fsp3) is 0.263. The highest BCUT2D eigenvalue weighted by molar-refractivity contribution is 5.91. The molecule has 0 aliphatic heterocycles. The second-order valence-electron chi connectivity index (χ2n) is 5.88. The van der Waals surface area contributed by atoms with E-state index >= 15 is 0 Å². The number of hydrogen-bond acceptors (Lipinski definition) is 2. The van der Waals surface area contributed by atoms with Gasteiger partial charge in [-0.3, -0.25) is 4.79 Å². The summed E-state index contributed by atoms with van der Waals surface area (Å²) in [5.74, 6) is 0.0931. The Morgan fingerprint density at radius 3 is 2.32 bits per heavy atom. The number of carbonyl (C=O) groups excluding carboxylic acids is 1.